The number of cyclic esters (lactones) is 1. The number of hydrogen-bond donors (Lipinski definition) is 1. The zero-order valence-electron chi connectivity index (χ0n) is 12.9. The van der Waals surface area contributed by atoms with Crippen LogP contribution in [-0.4, -0.2) is 40.8 Å². The Labute approximate surface area is 135 Å². The molecule has 3 atom stereocenters. The number of hydrogen-bond acceptors (Lipinski definition) is 4. The summed E-state index contributed by atoms with van der Waals surface area (Å²) in [5, 5.41) is 9.98. The van der Waals surface area contributed by atoms with Crippen molar-refractivity contribution >= 4 is 12.0 Å². The van der Waals surface area contributed by atoms with Crippen LogP contribution in [0.25, 0.3) is 0 Å². The fraction of sp³-hybridized carbons (Fsp3) is 0.333. The van der Waals surface area contributed by atoms with Crippen LogP contribution < -0.4 is 0 Å². The summed E-state index contributed by atoms with van der Waals surface area (Å²) in [4.78, 5) is 25.8. The Morgan fingerprint density at radius 2 is 2.09 bits per heavy atom. The third kappa shape index (κ3) is 3.87. The van der Waals surface area contributed by atoms with E-state index in [0.717, 1.165) is 10.5 Å². The van der Waals surface area contributed by atoms with Gasteiger partial charge in [-0.05, 0) is 18.4 Å². The van der Waals surface area contributed by atoms with Crippen molar-refractivity contribution in [3.8, 4) is 0 Å². The SMILES string of the molecule is C=CC[C@@H](C(=O)N1C(=O)OC[C@H]1Cc1ccccc1)[C@@H](O)C=C. The summed E-state index contributed by atoms with van der Waals surface area (Å²) < 4.78 is 5.05. The number of carbonyl (C=O) groups excluding carboxylic acids is 2. The van der Waals surface area contributed by atoms with Crippen molar-refractivity contribution in [2.45, 2.75) is 25.0 Å². The number of carbonyl (C=O) groups is 2. The fourth-order valence-electron chi connectivity index (χ4n) is 2.68. The van der Waals surface area contributed by atoms with Crippen LogP contribution in [0.3, 0.4) is 0 Å². The predicted octanol–water partition coefficient (Wildman–Crippen LogP) is 2.32. The first-order valence-electron chi connectivity index (χ1n) is 7.53. The molecule has 0 aliphatic carbocycles. The van der Waals surface area contributed by atoms with Gasteiger partial charge in [0.25, 0.3) is 0 Å². The van der Waals surface area contributed by atoms with Crippen molar-refractivity contribution in [3.05, 3.63) is 61.2 Å². The molecule has 1 N–H and O–H groups in total. The van der Waals surface area contributed by atoms with E-state index in [1.807, 2.05) is 30.3 Å². The average molecular weight is 315 g/mol. The Balaban J connectivity index is 2.19. The molecule has 1 fully saturated rings. The zero-order chi connectivity index (χ0) is 16.8. The van der Waals surface area contributed by atoms with Gasteiger partial charge in [0, 0.05) is 0 Å². The lowest BCUT2D eigenvalue weighted by molar-refractivity contribution is -0.136. The highest BCUT2D eigenvalue weighted by Crippen LogP contribution is 2.23. The molecule has 23 heavy (non-hydrogen) atoms. The third-order valence-corrected chi connectivity index (χ3v) is 3.90. The van der Waals surface area contributed by atoms with Crippen molar-refractivity contribution in [1.29, 1.82) is 0 Å². The topological polar surface area (TPSA) is 66.8 Å². The van der Waals surface area contributed by atoms with E-state index in [4.69, 9.17) is 4.74 Å². The minimum absolute atomic E-state index is 0.157. The first kappa shape index (κ1) is 17.0. The maximum absolute atomic E-state index is 12.7. The number of benzene rings is 1. The van der Waals surface area contributed by atoms with E-state index < -0.39 is 24.0 Å². The molecule has 2 rings (SSSR count). The van der Waals surface area contributed by atoms with Gasteiger partial charge in [-0.2, -0.15) is 0 Å². The van der Waals surface area contributed by atoms with Gasteiger partial charge in [-0.1, -0.05) is 42.5 Å². The molecule has 2 amide bonds. The molecular weight excluding hydrogens is 294 g/mol. The van der Waals surface area contributed by atoms with E-state index in [0.29, 0.717) is 6.42 Å². The van der Waals surface area contributed by atoms with Gasteiger partial charge < -0.3 is 9.84 Å². The van der Waals surface area contributed by atoms with Crippen LogP contribution in [0.15, 0.2) is 55.6 Å². The Kier molecular flexibility index (Phi) is 5.71. The van der Waals surface area contributed by atoms with Crippen LogP contribution in [0, 0.1) is 5.92 Å². The Bertz CT molecular complexity index is 584. The number of amides is 2. The van der Waals surface area contributed by atoms with E-state index in [-0.39, 0.29) is 19.1 Å². The molecule has 5 nitrogen and oxygen atoms in total. The molecule has 0 aromatic heterocycles. The minimum Gasteiger partial charge on any atom is -0.447 e. The second-order valence-electron chi connectivity index (χ2n) is 5.49. The van der Waals surface area contributed by atoms with Gasteiger partial charge in [0.1, 0.15) is 6.61 Å². The van der Waals surface area contributed by atoms with Crippen molar-refractivity contribution in [3.63, 3.8) is 0 Å². The second-order valence-corrected chi connectivity index (χ2v) is 5.49. The molecule has 1 aromatic carbocycles. The number of aliphatic hydroxyl groups excluding tert-OH is 1. The van der Waals surface area contributed by atoms with Gasteiger partial charge in [-0.25, -0.2) is 9.69 Å². The second kappa shape index (κ2) is 7.74. The van der Waals surface area contributed by atoms with Gasteiger partial charge in [0.2, 0.25) is 5.91 Å². The average Bonchev–Trinajstić information content (AvgIpc) is 2.92. The lowest BCUT2D eigenvalue weighted by Gasteiger charge is -2.26. The quantitative estimate of drug-likeness (QED) is 0.784. The third-order valence-electron chi connectivity index (χ3n) is 3.90. The molecule has 0 saturated carbocycles. The molecule has 1 aliphatic heterocycles. The van der Waals surface area contributed by atoms with E-state index in [1.54, 1.807) is 6.08 Å². The number of rotatable bonds is 7. The lowest BCUT2D eigenvalue weighted by Crippen LogP contribution is -2.46. The molecule has 0 bridgehead atoms. The van der Waals surface area contributed by atoms with Crippen molar-refractivity contribution in [2.75, 3.05) is 6.61 Å². The molecule has 5 heteroatoms. The molecule has 1 aromatic rings. The standard InChI is InChI=1S/C18H21NO4/c1-3-8-15(16(20)4-2)17(21)19-14(12-23-18(19)22)11-13-9-6-5-7-10-13/h3-7,9-10,14-16,20H,1-2,8,11-12H2/t14-,15-,16+/m1/s1. The maximum atomic E-state index is 12.7. The largest absolute Gasteiger partial charge is 0.447 e. The predicted molar refractivity (Wildman–Crippen MR) is 86.6 cm³/mol. The molecule has 1 aliphatic rings. The van der Waals surface area contributed by atoms with Gasteiger partial charge in [0.15, 0.2) is 0 Å². The first-order chi connectivity index (χ1) is 11.1. The summed E-state index contributed by atoms with van der Waals surface area (Å²) in [6, 6.07) is 9.21. The van der Waals surface area contributed by atoms with Crippen LogP contribution in [0.4, 0.5) is 4.79 Å². The highest BCUT2D eigenvalue weighted by atomic mass is 16.6. The highest BCUT2D eigenvalue weighted by molar-refractivity contribution is 5.95. The monoisotopic (exact) mass is 315 g/mol. The number of nitrogens with zero attached hydrogens (tertiary/aromatic N) is 1. The summed E-state index contributed by atoms with van der Waals surface area (Å²) in [5.41, 5.74) is 1.01. The van der Waals surface area contributed by atoms with Gasteiger partial charge in [-0.15, -0.1) is 13.2 Å². The van der Waals surface area contributed by atoms with Crippen LogP contribution >= 0.6 is 0 Å². The van der Waals surface area contributed by atoms with E-state index in [9.17, 15) is 14.7 Å². The summed E-state index contributed by atoms with van der Waals surface area (Å²) in [6.45, 7) is 7.26. The molecule has 0 spiro atoms. The van der Waals surface area contributed by atoms with Gasteiger partial charge >= 0.3 is 6.09 Å². The normalized spacial score (nSPS) is 19.8. The summed E-state index contributed by atoms with van der Waals surface area (Å²) in [7, 11) is 0. The Morgan fingerprint density at radius 3 is 2.70 bits per heavy atom. The summed E-state index contributed by atoms with van der Waals surface area (Å²) in [6.07, 6.45) is 1.91. The van der Waals surface area contributed by atoms with Crippen molar-refractivity contribution in [2.24, 2.45) is 5.92 Å². The lowest BCUT2D eigenvalue weighted by atomic mass is 9.95. The Morgan fingerprint density at radius 1 is 1.39 bits per heavy atom. The van der Waals surface area contributed by atoms with E-state index in [2.05, 4.69) is 13.2 Å². The molecule has 0 radical (unpaired) electrons. The molecular formula is C18H21NO4. The van der Waals surface area contributed by atoms with Crippen LogP contribution in [0.5, 0.6) is 0 Å². The number of ether oxygens (including phenoxy) is 1. The van der Waals surface area contributed by atoms with Crippen LogP contribution in [-0.2, 0) is 16.0 Å². The van der Waals surface area contributed by atoms with Gasteiger partial charge in [0.05, 0.1) is 18.1 Å². The smallest absolute Gasteiger partial charge is 0.416 e. The van der Waals surface area contributed by atoms with Gasteiger partial charge in [-0.3, -0.25) is 4.79 Å². The maximum Gasteiger partial charge on any atom is 0.416 e. The highest BCUT2D eigenvalue weighted by Gasteiger charge is 2.41. The number of imide groups is 1. The van der Waals surface area contributed by atoms with Crippen LogP contribution in [0.1, 0.15) is 12.0 Å². The molecule has 1 heterocycles. The van der Waals surface area contributed by atoms with E-state index >= 15 is 0 Å². The summed E-state index contributed by atoms with van der Waals surface area (Å²) >= 11 is 0. The molecule has 122 valence electrons. The zero-order valence-corrected chi connectivity index (χ0v) is 12.9. The number of allylic oxidation sites excluding steroid dienone is 1. The number of aliphatic hydroxyl groups is 1. The first-order valence-corrected chi connectivity index (χ1v) is 7.53. The molecule has 1 saturated heterocycles. The fourth-order valence-corrected chi connectivity index (χ4v) is 2.68. The van der Waals surface area contributed by atoms with Crippen molar-refractivity contribution in [1.82, 2.24) is 4.90 Å². The van der Waals surface area contributed by atoms with Crippen molar-refractivity contribution < 1.29 is 19.4 Å². The Hall–Kier alpha value is -2.40. The summed E-state index contributed by atoms with van der Waals surface area (Å²) in [5.74, 6) is -1.24. The molecule has 0 unspecified atom stereocenters. The van der Waals surface area contributed by atoms with E-state index in [1.165, 1.54) is 6.08 Å². The minimum atomic E-state index is -1.04. The van der Waals surface area contributed by atoms with Crippen LogP contribution in [0.2, 0.25) is 0 Å².